The minimum atomic E-state index is 0.497. The summed E-state index contributed by atoms with van der Waals surface area (Å²) in [5.74, 6) is 1.17. The first kappa shape index (κ1) is 12.8. The summed E-state index contributed by atoms with van der Waals surface area (Å²) in [7, 11) is 0. The summed E-state index contributed by atoms with van der Waals surface area (Å²) in [5, 5.41) is 20.8. The van der Waals surface area contributed by atoms with Gasteiger partial charge in [-0.3, -0.25) is 10.3 Å². The summed E-state index contributed by atoms with van der Waals surface area (Å²) < 4.78 is 4.67. The third-order valence-corrected chi connectivity index (χ3v) is 1.84. The number of nitrogens with one attached hydrogen (secondary N) is 3. The van der Waals surface area contributed by atoms with E-state index in [0.717, 1.165) is 13.0 Å². The lowest BCUT2D eigenvalue weighted by Gasteiger charge is -2.06. The van der Waals surface area contributed by atoms with Crippen molar-refractivity contribution in [2.75, 3.05) is 25.0 Å². The lowest BCUT2D eigenvalue weighted by Crippen LogP contribution is -2.35. The van der Waals surface area contributed by atoms with Crippen LogP contribution < -0.4 is 16.0 Å². The van der Waals surface area contributed by atoms with Crippen LogP contribution in [0.3, 0.4) is 0 Å². The van der Waals surface area contributed by atoms with Crippen LogP contribution >= 0.6 is 0 Å². The molecule has 7 heteroatoms. The Hall–Kier alpha value is -2.23. The summed E-state index contributed by atoms with van der Waals surface area (Å²) in [6.45, 7) is 3.98. The molecular weight excluding hydrogens is 220 g/mol. The molecule has 0 saturated heterocycles. The van der Waals surface area contributed by atoms with E-state index in [1.54, 1.807) is 6.07 Å². The third-order valence-electron chi connectivity index (χ3n) is 1.84. The van der Waals surface area contributed by atoms with Crippen molar-refractivity contribution in [1.29, 1.82) is 5.26 Å². The molecule has 0 fully saturated rings. The molecule has 1 heterocycles. The molecule has 1 aromatic heterocycles. The van der Waals surface area contributed by atoms with Crippen LogP contribution in [0.1, 0.15) is 13.3 Å². The quantitative estimate of drug-likeness (QED) is 0.219. The van der Waals surface area contributed by atoms with E-state index in [-0.39, 0.29) is 0 Å². The van der Waals surface area contributed by atoms with E-state index < -0.39 is 0 Å². The molecule has 17 heavy (non-hydrogen) atoms. The molecule has 0 amide bonds. The molecular formula is C10H16N6O. The summed E-state index contributed by atoms with van der Waals surface area (Å²) in [5.41, 5.74) is 0. The number of nitrogens with zero attached hydrogens (tertiary/aromatic N) is 3. The molecule has 1 aromatic rings. The lowest BCUT2D eigenvalue weighted by atomic mass is 10.5. The molecule has 0 spiro atoms. The highest BCUT2D eigenvalue weighted by Gasteiger charge is 1.96. The maximum Gasteiger partial charge on any atom is 0.204 e. The van der Waals surface area contributed by atoms with Crippen LogP contribution in [0.15, 0.2) is 21.8 Å². The van der Waals surface area contributed by atoms with Gasteiger partial charge in [-0.2, -0.15) is 5.26 Å². The molecule has 0 saturated carbocycles. The van der Waals surface area contributed by atoms with Gasteiger partial charge in [0.25, 0.3) is 0 Å². The fraction of sp³-hybridized carbons (Fsp3) is 0.500. The van der Waals surface area contributed by atoms with Crippen LogP contribution in [0.25, 0.3) is 0 Å². The van der Waals surface area contributed by atoms with E-state index >= 15 is 0 Å². The zero-order valence-corrected chi connectivity index (χ0v) is 9.73. The van der Waals surface area contributed by atoms with E-state index in [9.17, 15) is 0 Å². The van der Waals surface area contributed by atoms with Gasteiger partial charge >= 0.3 is 0 Å². The molecule has 0 aliphatic rings. The van der Waals surface area contributed by atoms with Crippen LogP contribution in [-0.4, -0.2) is 30.8 Å². The minimum absolute atomic E-state index is 0.497. The van der Waals surface area contributed by atoms with Crippen molar-refractivity contribution in [2.24, 2.45) is 4.99 Å². The van der Waals surface area contributed by atoms with Gasteiger partial charge in [0.15, 0.2) is 12.0 Å². The predicted octanol–water partition coefficient (Wildman–Crippen LogP) is 0.513. The fourth-order valence-corrected chi connectivity index (χ4v) is 1.09. The number of rotatable bonds is 6. The van der Waals surface area contributed by atoms with Crippen molar-refractivity contribution in [3.63, 3.8) is 0 Å². The van der Waals surface area contributed by atoms with Crippen molar-refractivity contribution in [3.05, 3.63) is 12.3 Å². The van der Waals surface area contributed by atoms with Gasteiger partial charge in [0.05, 0.1) is 6.54 Å². The van der Waals surface area contributed by atoms with Gasteiger partial charge in [-0.15, -0.1) is 0 Å². The molecule has 7 nitrogen and oxygen atoms in total. The van der Waals surface area contributed by atoms with Crippen LogP contribution in [0, 0.1) is 11.5 Å². The molecule has 0 aromatic carbocycles. The third kappa shape index (κ3) is 5.41. The van der Waals surface area contributed by atoms with Gasteiger partial charge < -0.3 is 15.2 Å². The Morgan fingerprint density at radius 2 is 2.47 bits per heavy atom. The van der Waals surface area contributed by atoms with E-state index in [2.05, 4.69) is 30.6 Å². The first-order valence-corrected chi connectivity index (χ1v) is 5.44. The highest BCUT2D eigenvalue weighted by Crippen LogP contribution is 1.99. The second-order valence-electron chi connectivity index (χ2n) is 3.21. The Morgan fingerprint density at radius 1 is 1.59 bits per heavy atom. The summed E-state index contributed by atoms with van der Waals surface area (Å²) in [6, 6.07) is 1.73. The highest BCUT2D eigenvalue weighted by atomic mass is 16.5. The van der Waals surface area contributed by atoms with E-state index in [1.165, 1.54) is 6.26 Å². The number of guanidine groups is 1. The number of aliphatic imine (C=N–C) groups is 1. The molecule has 0 radical (unpaired) electrons. The average molecular weight is 236 g/mol. The van der Waals surface area contributed by atoms with Gasteiger partial charge in [-0.1, -0.05) is 12.1 Å². The Labute approximate surface area is 99.9 Å². The predicted molar refractivity (Wildman–Crippen MR) is 64.3 cm³/mol. The van der Waals surface area contributed by atoms with Crippen molar-refractivity contribution >= 4 is 11.8 Å². The zero-order chi connectivity index (χ0) is 12.3. The van der Waals surface area contributed by atoms with Crippen molar-refractivity contribution in [3.8, 4) is 6.19 Å². The van der Waals surface area contributed by atoms with Gasteiger partial charge in [0.2, 0.25) is 5.96 Å². The Bertz CT molecular complexity index is 367. The first-order valence-electron chi connectivity index (χ1n) is 5.44. The first-order chi connectivity index (χ1) is 8.36. The Balaban J connectivity index is 2.25. The summed E-state index contributed by atoms with van der Waals surface area (Å²) in [6.07, 6.45) is 4.31. The number of hydrogen-bond acceptors (Lipinski definition) is 5. The second kappa shape index (κ2) is 7.98. The molecule has 0 atom stereocenters. The summed E-state index contributed by atoms with van der Waals surface area (Å²) >= 11 is 0. The number of nitriles is 1. The molecule has 0 bridgehead atoms. The van der Waals surface area contributed by atoms with Crippen molar-refractivity contribution in [2.45, 2.75) is 13.3 Å². The SMILES string of the molecule is CCCN/C(=N/CCNc1ccon1)NC#N. The molecule has 1 rings (SSSR count). The standard InChI is InChI=1S/C10H16N6O/c1-2-4-13-10(15-8-11)14-6-5-12-9-3-7-17-16-9/h3,7H,2,4-6H2,1H3,(H,12,16)(H2,13,14,15). The van der Waals surface area contributed by atoms with E-state index in [1.807, 2.05) is 13.1 Å². The summed E-state index contributed by atoms with van der Waals surface area (Å²) in [4.78, 5) is 4.20. The number of anilines is 1. The number of hydrogen-bond donors (Lipinski definition) is 3. The Kier molecular flexibility index (Phi) is 6.03. The van der Waals surface area contributed by atoms with Gasteiger partial charge in [0.1, 0.15) is 6.26 Å². The van der Waals surface area contributed by atoms with E-state index in [4.69, 9.17) is 5.26 Å². The smallest absolute Gasteiger partial charge is 0.204 e. The zero-order valence-electron chi connectivity index (χ0n) is 9.73. The molecule has 0 aliphatic heterocycles. The molecule has 3 N–H and O–H groups in total. The maximum absolute atomic E-state index is 8.52. The van der Waals surface area contributed by atoms with Crippen LogP contribution in [0.5, 0.6) is 0 Å². The fourth-order valence-electron chi connectivity index (χ4n) is 1.09. The normalized spacial score (nSPS) is 10.7. The minimum Gasteiger partial charge on any atom is -0.365 e. The molecule has 0 aliphatic carbocycles. The second-order valence-corrected chi connectivity index (χ2v) is 3.21. The van der Waals surface area contributed by atoms with Gasteiger partial charge in [-0.25, -0.2) is 0 Å². The monoisotopic (exact) mass is 236 g/mol. The maximum atomic E-state index is 8.52. The van der Waals surface area contributed by atoms with Crippen LogP contribution in [-0.2, 0) is 0 Å². The average Bonchev–Trinajstić information content (AvgIpc) is 2.84. The molecule has 92 valence electrons. The topological polar surface area (TPSA) is 98.3 Å². The molecule has 0 unspecified atom stereocenters. The largest absolute Gasteiger partial charge is 0.365 e. The van der Waals surface area contributed by atoms with Gasteiger partial charge in [-0.05, 0) is 6.42 Å². The van der Waals surface area contributed by atoms with Gasteiger partial charge in [0, 0.05) is 19.2 Å². The van der Waals surface area contributed by atoms with E-state index in [0.29, 0.717) is 24.9 Å². The lowest BCUT2D eigenvalue weighted by molar-refractivity contribution is 0.422. The van der Waals surface area contributed by atoms with Crippen molar-refractivity contribution in [1.82, 2.24) is 15.8 Å². The number of aromatic nitrogens is 1. The van der Waals surface area contributed by atoms with Crippen molar-refractivity contribution < 1.29 is 4.52 Å². The van der Waals surface area contributed by atoms with Crippen LogP contribution in [0.4, 0.5) is 5.82 Å². The highest BCUT2D eigenvalue weighted by molar-refractivity contribution is 5.81. The Morgan fingerprint density at radius 3 is 3.12 bits per heavy atom. The van der Waals surface area contributed by atoms with Crippen LogP contribution in [0.2, 0.25) is 0 Å².